The normalized spacial score (nSPS) is 10.8. The van der Waals surface area contributed by atoms with E-state index in [2.05, 4.69) is 18.8 Å². The highest BCUT2D eigenvalue weighted by molar-refractivity contribution is 6.00. The van der Waals surface area contributed by atoms with Crippen LogP contribution < -0.4 is 0 Å². The molecule has 0 N–H and O–H groups in total. The number of nitrogens with zero attached hydrogens (tertiary/aromatic N) is 2. The highest BCUT2D eigenvalue weighted by Crippen LogP contribution is 2.30. The summed E-state index contributed by atoms with van der Waals surface area (Å²) in [5, 5.41) is 0. The van der Waals surface area contributed by atoms with Crippen LogP contribution >= 0.6 is 0 Å². The second-order valence-electron chi connectivity index (χ2n) is 6.35. The first-order chi connectivity index (χ1) is 13.2. The fourth-order valence-corrected chi connectivity index (χ4v) is 3.07. The molecular formula is C22H23FN2O2. The smallest absolute Gasteiger partial charge is 0.254 e. The van der Waals surface area contributed by atoms with Crippen molar-refractivity contribution in [2.45, 2.75) is 26.7 Å². The number of oxazole rings is 1. The van der Waals surface area contributed by atoms with Crippen molar-refractivity contribution in [2.75, 3.05) is 13.1 Å². The Morgan fingerprint density at radius 3 is 2.30 bits per heavy atom. The number of hydrogen-bond acceptors (Lipinski definition) is 3. The maximum atomic E-state index is 14.0. The maximum absolute atomic E-state index is 14.0. The molecule has 1 heterocycles. The van der Waals surface area contributed by atoms with Crippen molar-refractivity contribution < 1.29 is 13.6 Å². The molecule has 2 aromatic carbocycles. The summed E-state index contributed by atoms with van der Waals surface area (Å²) in [7, 11) is 0. The van der Waals surface area contributed by atoms with Crippen molar-refractivity contribution >= 4 is 5.91 Å². The number of benzene rings is 2. The quantitative estimate of drug-likeness (QED) is 0.562. The standard InChI is InChI=1S/C22H23FN2O2/c1-3-13-25(14-4-2)22(26)17-10-6-5-9-16(17)21-24-15-20(27-21)18-11-7-8-12-19(18)23/h5-12,15H,3-4,13-14H2,1-2H3. The summed E-state index contributed by atoms with van der Waals surface area (Å²) in [6.45, 7) is 5.51. The average Bonchev–Trinajstić information content (AvgIpc) is 3.17. The summed E-state index contributed by atoms with van der Waals surface area (Å²) in [4.78, 5) is 19.2. The SMILES string of the molecule is CCCN(CCC)C(=O)c1ccccc1-c1ncc(-c2ccccc2F)o1. The zero-order chi connectivity index (χ0) is 19.2. The molecule has 0 saturated heterocycles. The largest absolute Gasteiger partial charge is 0.436 e. The van der Waals surface area contributed by atoms with E-state index in [0.29, 0.717) is 41.4 Å². The topological polar surface area (TPSA) is 46.3 Å². The molecule has 0 aliphatic rings. The number of rotatable bonds is 7. The van der Waals surface area contributed by atoms with E-state index in [-0.39, 0.29) is 11.7 Å². The number of carbonyl (C=O) groups is 1. The van der Waals surface area contributed by atoms with Crippen LogP contribution in [0.15, 0.2) is 59.1 Å². The van der Waals surface area contributed by atoms with Gasteiger partial charge in [-0.25, -0.2) is 9.37 Å². The molecule has 3 aromatic rings. The van der Waals surface area contributed by atoms with Gasteiger partial charge in [0, 0.05) is 18.7 Å². The second kappa shape index (κ2) is 8.62. The van der Waals surface area contributed by atoms with Gasteiger partial charge in [0.1, 0.15) is 5.82 Å². The summed E-state index contributed by atoms with van der Waals surface area (Å²) in [6, 6.07) is 13.6. The van der Waals surface area contributed by atoms with E-state index >= 15 is 0 Å². The van der Waals surface area contributed by atoms with Crippen molar-refractivity contribution in [3.05, 3.63) is 66.1 Å². The van der Waals surface area contributed by atoms with E-state index in [4.69, 9.17) is 4.42 Å². The minimum absolute atomic E-state index is 0.0417. The lowest BCUT2D eigenvalue weighted by Gasteiger charge is -2.22. The fourth-order valence-electron chi connectivity index (χ4n) is 3.07. The van der Waals surface area contributed by atoms with E-state index in [1.807, 2.05) is 17.0 Å². The molecule has 4 nitrogen and oxygen atoms in total. The molecule has 0 fully saturated rings. The number of halogens is 1. The molecule has 0 atom stereocenters. The van der Waals surface area contributed by atoms with E-state index in [1.54, 1.807) is 30.3 Å². The van der Waals surface area contributed by atoms with Crippen LogP contribution in [0.4, 0.5) is 4.39 Å². The van der Waals surface area contributed by atoms with Gasteiger partial charge in [0.05, 0.1) is 17.3 Å². The lowest BCUT2D eigenvalue weighted by atomic mass is 10.1. The number of aromatic nitrogens is 1. The van der Waals surface area contributed by atoms with Crippen LogP contribution in [0.2, 0.25) is 0 Å². The lowest BCUT2D eigenvalue weighted by Crippen LogP contribution is -2.32. The van der Waals surface area contributed by atoms with Gasteiger partial charge in [0.25, 0.3) is 5.91 Å². The molecule has 0 bridgehead atoms. The Morgan fingerprint density at radius 1 is 1.00 bits per heavy atom. The van der Waals surface area contributed by atoms with Gasteiger partial charge in [-0.15, -0.1) is 0 Å². The highest BCUT2D eigenvalue weighted by Gasteiger charge is 2.21. The fraction of sp³-hybridized carbons (Fsp3) is 0.273. The first-order valence-corrected chi connectivity index (χ1v) is 9.25. The Balaban J connectivity index is 1.97. The van der Waals surface area contributed by atoms with E-state index in [1.165, 1.54) is 12.3 Å². The molecule has 3 rings (SSSR count). The number of carbonyl (C=O) groups excluding carboxylic acids is 1. The second-order valence-corrected chi connectivity index (χ2v) is 6.35. The third-order valence-corrected chi connectivity index (χ3v) is 4.31. The van der Waals surface area contributed by atoms with E-state index in [9.17, 15) is 9.18 Å². The van der Waals surface area contributed by atoms with Crippen LogP contribution in [0.25, 0.3) is 22.8 Å². The zero-order valence-corrected chi connectivity index (χ0v) is 15.6. The summed E-state index contributed by atoms with van der Waals surface area (Å²) in [5.41, 5.74) is 1.50. The molecule has 140 valence electrons. The molecule has 0 aliphatic carbocycles. The first kappa shape index (κ1) is 18.8. The van der Waals surface area contributed by atoms with E-state index < -0.39 is 0 Å². The molecular weight excluding hydrogens is 343 g/mol. The van der Waals surface area contributed by atoms with Gasteiger partial charge in [-0.1, -0.05) is 38.1 Å². The minimum Gasteiger partial charge on any atom is -0.436 e. The molecule has 0 unspecified atom stereocenters. The van der Waals surface area contributed by atoms with Crippen LogP contribution in [0.3, 0.4) is 0 Å². The highest BCUT2D eigenvalue weighted by atomic mass is 19.1. The zero-order valence-electron chi connectivity index (χ0n) is 15.6. The summed E-state index contributed by atoms with van der Waals surface area (Å²) < 4.78 is 19.8. The van der Waals surface area contributed by atoms with Gasteiger partial charge in [0.15, 0.2) is 5.76 Å². The van der Waals surface area contributed by atoms with Crippen molar-refractivity contribution in [3.8, 4) is 22.8 Å². The van der Waals surface area contributed by atoms with Gasteiger partial charge in [-0.2, -0.15) is 0 Å². The molecule has 27 heavy (non-hydrogen) atoms. The van der Waals surface area contributed by atoms with Crippen LogP contribution in [0, 0.1) is 5.82 Å². The van der Waals surface area contributed by atoms with Crippen molar-refractivity contribution in [1.29, 1.82) is 0 Å². The van der Waals surface area contributed by atoms with Gasteiger partial charge >= 0.3 is 0 Å². The Hall–Kier alpha value is -2.95. The maximum Gasteiger partial charge on any atom is 0.254 e. The monoisotopic (exact) mass is 366 g/mol. The summed E-state index contributed by atoms with van der Waals surface area (Å²) in [5.74, 6) is 0.232. The molecule has 5 heteroatoms. The Morgan fingerprint density at radius 2 is 1.63 bits per heavy atom. The average molecular weight is 366 g/mol. The van der Waals surface area contributed by atoms with Crippen LogP contribution in [-0.2, 0) is 0 Å². The van der Waals surface area contributed by atoms with Gasteiger partial charge in [-0.05, 0) is 37.1 Å². The van der Waals surface area contributed by atoms with Crippen LogP contribution in [0.5, 0.6) is 0 Å². The van der Waals surface area contributed by atoms with Crippen molar-refractivity contribution in [2.24, 2.45) is 0 Å². The molecule has 0 spiro atoms. The third kappa shape index (κ3) is 4.08. The molecule has 1 amide bonds. The minimum atomic E-state index is -0.373. The third-order valence-electron chi connectivity index (χ3n) is 4.31. The number of amides is 1. The van der Waals surface area contributed by atoms with E-state index in [0.717, 1.165) is 12.8 Å². The van der Waals surface area contributed by atoms with Gasteiger partial charge < -0.3 is 9.32 Å². The Labute approximate surface area is 158 Å². The van der Waals surface area contributed by atoms with Gasteiger partial charge in [0.2, 0.25) is 5.89 Å². The first-order valence-electron chi connectivity index (χ1n) is 9.25. The predicted molar refractivity (Wildman–Crippen MR) is 104 cm³/mol. The molecule has 0 saturated carbocycles. The van der Waals surface area contributed by atoms with Crippen LogP contribution in [-0.4, -0.2) is 28.9 Å². The summed E-state index contributed by atoms with van der Waals surface area (Å²) >= 11 is 0. The Kier molecular flexibility index (Phi) is 6.01. The molecule has 0 radical (unpaired) electrons. The van der Waals surface area contributed by atoms with Crippen molar-refractivity contribution in [1.82, 2.24) is 9.88 Å². The lowest BCUT2D eigenvalue weighted by molar-refractivity contribution is 0.0756. The molecule has 1 aromatic heterocycles. The summed E-state index contributed by atoms with van der Waals surface area (Å²) in [6.07, 6.45) is 3.28. The van der Waals surface area contributed by atoms with Gasteiger partial charge in [-0.3, -0.25) is 4.79 Å². The molecule has 0 aliphatic heterocycles. The van der Waals surface area contributed by atoms with Crippen molar-refractivity contribution in [3.63, 3.8) is 0 Å². The number of hydrogen-bond donors (Lipinski definition) is 0. The van der Waals surface area contributed by atoms with Crippen LogP contribution in [0.1, 0.15) is 37.0 Å². The Bertz CT molecular complexity index is 914. The predicted octanol–water partition coefficient (Wildman–Crippen LogP) is 5.41.